The summed E-state index contributed by atoms with van der Waals surface area (Å²) in [6.45, 7) is 2.97. The molecule has 1 heterocycles. The lowest BCUT2D eigenvalue weighted by Gasteiger charge is -2.09. The minimum Gasteiger partial charge on any atom is -0.323 e. The molecule has 0 unspecified atom stereocenters. The van der Waals surface area contributed by atoms with Crippen LogP contribution in [0.4, 0.5) is 0 Å². The summed E-state index contributed by atoms with van der Waals surface area (Å²) in [7, 11) is 0. The van der Waals surface area contributed by atoms with Crippen LogP contribution in [0, 0.1) is 6.92 Å². The highest BCUT2D eigenvalue weighted by Gasteiger charge is 2.10. The van der Waals surface area contributed by atoms with Gasteiger partial charge in [0.05, 0.1) is 11.0 Å². The minimum absolute atomic E-state index is 0.817. The van der Waals surface area contributed by atoms with E-state index in [1.165, 1.54) is 16.6 Å². The van der Waals surface area contributed by atoms with Gasteiger partial charge in [-0.1, -0.05) is 36.4 Å². The molecule has 0 fully saturated rings. The molecular weight excluding hydrogens is 264 g/mol. The molecule has 102 valence electrons. The Morgan fingerprint density at radius 3 is 2.65 bits per heavy atom. The van der Waals surface area contributed by atoms with E-state index >= 15 is 0 Å². The first-order valence-electron chi connectivity index (χ1n) is 6.88. The van der Waals surface area contributed by atoms with Gasteiger partial charge in [-0.15, -0.1) is 0 Å². The van der Waals surface area contributed by atoms with Crippen LogP contribution in [-0.2, 0) is 13.0 Å². The Kier molecular flexibility index (Phi) is 3.79. The van der Waals surface area contributed by atoms with Crippen molar-refractivity contribution in [1.29, 1.82) is 0 Å². The molecule has 3 rings (SSSR count). The van der Waals surface area contributed by atoms with Crippen LogP contribution in [-0.4, -0.2) is 15.3 Å². The average molecular weight is 282 g/mol. The summed E-state index contributed by atoms with van der Waals surface area (Å²) in [6, 6.07) is 17.0. The highest BCUT2D eigenvalue weighted by molar-refractivity contribution is 7.80. The van der Waals surface area contributed by atoms with Crippen LogP contribution in [0.2, 0.25) is 0 Å². The van der Waals surface area contributed by atoms with E-state index in [0.717, 1.165) is 30.1 Å². The number of imidazole rings is 1. The number of aryl methyl sites for hydroxylation is 2. The number of thiol groups is 1. The maximum atomic E-state index is 4.77. The van der Waals surface area contributed by atoms with Gasteiger partial charge >= 0.3 is 0 Å². The zero-order chi connectivity index (χ0) is 13.9. The molecule has 1 aromatic heterocycles. The summed E-state index contributed by atoms with van der Waals surface area (Å²) in [5.41, 5.74) is 4.83. The van der Waals surface area contributed by atoms with E-state index in [2.05, 4.69) is 66.6 Å². The summed E-state index contributed by atoms with van der Waals surface area (Å²) >= 11 is 4.35. The Labute approximate surface area is 124 Å². The molecule has 0 aliphatic rings. The second kappa shape index (κ2) is 5.71. The van der Waals surface area contributed by atoms with Crippen LogP contribution in [0.25, 0.3) is 11.0 Å². The molecule has 0 aliphatic carbocycles. The number of hydrogen-bond donors (Lipinski definition) is 1. The lowest BCUT2D eigenvalue weighted by atomic mass is 10.2. The number of fused-ring (bicyclic) bond motifs is 1. The molecule has 0 spiro atoms. The second-order valence-corrected chi connectivity index (χ2v) is 5.51. The first-order valence-corrected chi connectivity index (χ1v) is 7.52. The largest absolute Gasteiger partial charge is 0.323 e. The predicted molar refractivity (Wildman–Crippen MR) is 87.6 cm³/mol. The zero-order valence-electron chi connectivity index (χ0n) is 11.6. The Hall–Kier alpha value is -1.74. The third-order valence-corrected chi connectivity index (χ3v) is 3.73. The van der Waals surface area contributed by atoms with E-state index in [9.17, 15) is 0 Å². The van der Waals surface area contributed by atoms with Gasteiger partial charge in [0, 0.05) is 13.0 Å². The summed E-state index contributed by atoms with van der Waals surface area (Å²) in [5.74, 6) is 1.93. The third-order valence-electron chi connectivity index (χ3n) is 3.50. The molecule has 0 amide bonds. The molecule has 0 saturated carbocycles. The van der Waals surface area contributed by atoms with Crippen LogP contribution in [0.3, 0.4) is 0 Å². The van der Waals surface area contributed by atoms with Crippen molar-refractivity contribution in [3.05, 3.63) is 65.5 Å². The van der Waals surface area contributed by atoms with Gasteiger partial charge in [-0.2, -0.15) is 12.6 Å². The second-order valence-electron chi connectivity index (χ2n) is 5.07. The first-order chi connectivity index (χ1) is 9.78. The fourth-order valence-electron chi connectivity index (χ4n) is 2.52. The quantitative estimate of drug-likeness (QED) is 0.719. The highest BCUT2D eigenvalue weighted by atomic mass is 32.1. The topological polar surface area (TPSA) is 17.8 Å². The molecule has 3 aromatic rings. The van der Waals surface area contributed by atoms with Gasteiger partial charge in [0.2, 0.25) is 0 Å². The number of nitrogens with zero attached hydrogens (tertiary/aromatic N) is 2. The molecule has 0 radical (unpaired) electrons. The molecule has 2 aromatic carbocycles. The van der Waals surface area contributed by atoms with E-state index in [1.54, 1.807) is 0 Å². The van der Waals surface area contributed by atoms with Gasteiger partial charge in [0.25, 0.3) is 0 Å². The van der Waals surface area contributed by atoms with Gasteiger partial charge in [-0.25, -0.2) is 4.98 Å². The Bertz CT molecular complexity index is 716. The lowest BCUT2D eigenvalue weighted by molar-refractivity contribution is 0.756. The monoisotopic (exact) mass is 282 g/mol. The Morgan fingerprint density at radius 1 is 1.10 bits per heavy atom. The van der Waals surface area contributed by atoms with Gasteiger partial charge in [0.1, 0.15) is 5.82 Å². The molecule has 0 aliphatic heterocycles. The summed E-state index contributed by atoms with van der Waals surface area (Å²) in [4.78, 5) is 4.77. The van der Waals surface area contributed by atoms with E-state index < -0.39 is 0 Å². The van der Waals surface area contributed by atoms with Crippen molar-refractivity contribution in [3.8, 4) is 0 Å². The van der Waals surface area contributed by atoms with Crippen molar-refractivity contribution in [2.24, 2.45) is 0 Å². The zero-order valence-corrected chi connectivity index (χ0v) is 12.5. The smallest absolute Gasteiger partial charge is 0.110 e. The van der Waals surface area contributed by atoms with Crippen molar-refractivity contribution < 1.29 is 0 Å². The molecule has 2 nitrogen and oxygen atoms in total. The van der Waals surface area contributed by atoms with Gasteiger partial charge in [-0.05, 0) is 35.9 Å². The SMILES string of the molecule is Cc1ccc2c(c1)nc(CCS)n2Cc1ccccc1. The van der Waals surface area contributed by atoms with Crippen LogP contribution in [0.5, 0.6) is 0 Å². The Morgan fingerprint density at radius 2 is 1.90 bits per heavy atom. The molecular formula is C17H18N2S. The first kappa shape index (κ1) is 13.3. The summed E-state index contributed by atoms with van der Waals surface area (Å²) < 4.78 is 2.31. The summed E-state index contributed by atoms with van der Waals surface area (Å²) in [6.07, 6.45) is 0.893. The number of rotatable bonds is 4. The fraction of sp³-hybridized carbons (Fsp3) is 0.235. The van der Waals surface area contributed by atoms with Crippen LogP contribution in [0.15, 0.2) is 48.5 Å². The molecule has 20 heavy (non-hydrogen) atoms. The Balaban J connectivity index is 2.09. The number of hydrogen-bond acceptors (Lipinski definition) is 2. The maximum absolute atomic E-state index is 4.77. The van der Waals surface area contributed by atoms with Crippen molar-refractivity contribution in [3.63, 3.8) is 0 Å². The highest BCUT2D eigenvalue weighted by Crippen LogP contribution is 2.20. The standard InChI is InChI=1S/C17H18N2S/c1-13-7-8-16-15(11-13)18-17(9-10-20)19(16)12-14-5-3-2-4-6-14/h2-8,11,20H,9-10,12H2,1H3. The molecule has 0 saturated heterocycles. The average Bonchev–Trinajstić information content (AvgIpc) is 2.77. The number of benzene rings is 2. The van der Waals surface area contributed by atoms with Crippen molar-refractivity contribution >= 4 is 23.7 Å². The normalized spacial score (nSPS) is 11.1. The van der Waals surface area contributed by atoms with Gasteiger partial charge in [-0.3, -0.25) is 0 Å². The fourth-order valence-corrected chi connectivity index (χ4v) is 2.72. The van der Waals surface area contributed by atoms with E-state index in [0.29, 0.717) is 0 Å². The molecule has 0 atom stereocenters. The van der Waals surface area contributed by atoms with Crippen LogP contribution >= 0.6 is 12.6 Å². The van der Waals surface area contributed by atoms with Crippen molar-refractivity contribution in [1.82, 2.24) is 9.55 Å². The van der Waals surface area contributed by atoms with E-state index in [-0.39, 0.29) is 0 Å². The number of aromatic nitrogens is 2. The van der Waals surface area contributed by atoms with Gasteiger partial charge < -0.3 is 4.57 Å². The van der Waals surface area contributed by atoms with Crippen molar-refractivity contribution in [2.75, 3.05) is 5.75 Å². The molecule has 3 heteroatoms. The van der Waals surface area contributed by atoms with Crippen molar-refractivity contribution in [2.45, 2.75) is 19.9 Å². The molecule has 0 N–H and O–H groups in total. The predicted octanol–water partition coefficient (Wildman–Crippen LogP) is 3.87. The van der Waals surface area contributed by atoms with E-state index in [4.69, 9.17) is 4.98 Å². The minimum atomic E-state index is 0.817. The summed E-state index contributed by atoms with van der Waals surface area (Å²) in [5, 5.41) is 0. The van der Waals surface area contributed by atoms with Crippen LogP contribution < -0.4 is 0 Å². The maximum Gasteiger partial charge on any atom is 0.110 e. The molecule has 0 bridgehead atoms. The van der Waals surface area contributed by atoms with Crippen LogP contribution in [0.1, 0.15) is 17.0 Å². The third kappa shape index (κ3) is 2.59. The van der Waals surface area contributed by atoms with Gasteiger partial charge in [0.15, 0.2) is 0 Å². The van der Waals surface area contributed by atoms with E-state index in [1.807, 2.05) is 6.07 Å². The lowest BCUT2D eigenvalue weighted by Crippen LogP contribution is -2.05.